The Kier molecular flexibility index (Phi) is 8.59. The highest BCUT2D eigenvalue weighted by Crippen LogP contribution is 2.31. The second kappa shape index (κ2) is 10.2. The number of amides is 1. The molecule has 0 spiro atoms. The second-order valence-corrected chi connectivity index (χ2v) is 10.7. The smallest absolute Gasteiger partial charge is 0.243 e. The number of hydrogen-bond donors (Lipinski definition) is 1. The van der Waals surface area contributed by atoms with Crippen molar-refractivity contribution in [1.82, 2.24) is 5.32 Å². The molecule has 1 aliphatic rings. The van der Waals surface area contributed by atoms with Crippen LogP contribution in [0.4, 0.5) is 5.69 Å². The summed E-state index contributed by atoms with van der Waals surface area (Å²) in [5.74, 6) is 0.527. The largest absolute Gasteiger partial charge is 0.353 e. The topological polar surface area (TPSA) is 66.5 Å². The first-order valence-corrected chi connectivity index (χ1v) is 12.7. The number of halogens is 2. The fraction of sp³-hybridized carbons (Fsp3) is 0.611. The van der Waals surface area contributed by atoms with Gasteiger partial charge in [-0.15, -0.1) is 0 Å². The van der Waals surface area contributed by atoms with Crippen molar-refractivity contribution in [3.05, 3.63) is 28.2 Å². The van der Waals surface area contributed by atoms with Gasteiger partial charge in [0.25, 0.3) is 0 Å². The Morgan fingerprint density at radius 3 is 2.52 bits per heavy atom. The average molecular weight is 453 g/mol. The van der Waals surface area contributed by atoms with E-state index in [4.69, 9.17) is 23.2 Å². The van der Waals surface area contributed by atoms with E-state index in [1.54, 1.807) is 13.0 Å². The summed E-state index contributed by atoms with van der Waals surface area (Å²) >= 11 is 13.9. The van der Waals surface area contributed by atoms with Crippen LogP contribution >= 0.6 is 35.0 Å². The van der Waals surface area contributed by atoms with Gasteiger partial charge in [0.2, 0.25) is 15.9 Å². The number of nitrogens with one attached hydrogen (secondary N) is 1. The van der Waals surface area contributed by atoms with Gasteiger partial charge in [0, 0.05) is 17.5 Å². The highest BCUT2D eigenvalue weighted by atomic mass is 35.5. The van der Waals surface area contributed by atoms with Gasteiger partial charge in [-0.05, 0) is 37.5 Å². The number of anilines is 1. The lowest BCUT2D eigenvalue weighted by Gasteiger charge is -2.30. The van der Waals surface area contributed by atoms with E-state index in [0.29, 0.717) is 28.9 Å². The molecule has 1 fully saturated rings. The van der Waals surface area contributed by atoms with Crippen molar-refractivity contribution in [2.75, 3.05) is 22.9 Å². The minimum Gasteiger partial charge on any atom is -0.353 e. The van der Waals surface area contributed by atoms with Gasteiger partial charge in [-0.3, -0.25) is 9.10 Å². The summed E-state index contributed by atoms with van der Waals surface area (Å²) in [7, 11) is -3.68. The summed E-state index contributed by atoms with van der Waals surface area (Å²) in [6, 6.07) is 3.71. The van der Waals surface area contributed by atoms with Crippen LogP contribution in [-0.4, -0.2) is 44.2 Å². The summed E-state index contributed by atoms with van der Waals surface area (Å²) in [5.41, 5.74) is 0.328. The maximum Gasteiger partial charge on any atom is 0.243 e. The summed E-state index contributed by atoms with van der Waals surface area (Å²) < 4.78 is 25.9. The summed E-state index contributed by atoms with van der Waals surface area (Å²) in [5, 5.41) is 4.14. The molecule has 1 aromatic carbocycles. The van der Waals surface area contributed by atoms with Crippen LogP contribution in [0.25, 0.3) is 0 Å². The van der Waals surface area contributed by atoms with Crippen LogP contribution in [0.15, 0.2) is 18.2 Å². The normalized spacial score (nSPS) is 16.3. The van der Waals surface area contributed by atoms with Crippen molar-refractivity contribution in [2.24, 2.45) is 0 Å². The standard InChI is InChI=1S/C18H26Cl2N2O3S2/c1-3-17(18(23)21-10-11-26-14-6-4-5-7-14)22(27(2,24)25)13-8-9-15(19)16(20)12-13/h8-9,12,14,17H,3-7,10-11H2,1-2H3,(H,21,23)/t17-/m0/s1. The first kappa shape index (κ1) is 22.7. The van der Waals surface area contributed by atoms with Crippen molar-refractivity contribution in [1.29, 1.82) is 0 Å². The van der Waals surface area contributed by atoms with E-state index in [1.165, 1.54) is 37.8 Å². The lowest BCUT2D eigenvalue weighted by Crippen LogP contribution is -2.49. The van der Waals surface area contributed by atoms with E-state index in [9.17, 15) is 13.2 Å². The van der Waals surface area contributed by atoms with Crippen LogP contribution in [-0.2, 0) is 14.8 Å². The molecule has 1 atom stereocenters. The van der Waals surface area contributed by atoms with E-state index >= 15 is 0 Å². The molecule has 5 nitrogen and oxygen atoms in total. The van der Waals surface area contributed by atoms with Gasteiger partial charge in [0.1, 0.15) is 6.04 Å². The molecule has 0 radical (unpaired) electrons. The van der Waals surface area contributed by atoms with Crippen LogP contribution in [0.5, 0.6) is 0 Å². The van der Waals surface area contributed by atoms with Crippen molar-refractivity contribution < 1.29 is 13.2 Å². The molecule has 0 aliphatic heterocycles. The lowest BCUT2D eigenvalue weighted by molar-refractivity contribution is -0.122. The maximum atomic E-state index is 12.7. The predicted molar refractivity (Wildman–Crippen MR) is 116 cm³/mol. The number of sulfonamides is 1. The first-order chi connectivity index (χ1) is 12.7. The molecule has 1 aromatic rings. The number of nitrogens with zero attached hydrogens (tertiary/aromatic N) is 1. The zero-order valence-corrected chi connectivity index (χ0v) is 18.7. The van der Waals surface area contributed by atoms with E-state index < -0.39 is 16.1 Å². The van der Waals surface area contributed by atoms with E-state index in [-0.39, 0.29) is 10.9 Å². The Morgan fingerprint density at radius 2 is 1.96 bits per heavy atom. The third kappa shape index (κ3) is 6.44. The van der Waals surface area contributed by atoms with Crippen molar-refractivity contribution in [2.45, 2.75) is 50.3 Å². The quantitative estimate of drug-likeness (QED) is 0.566. The summed E-state index contributed by atoms with van der Waals surface area (Å²) in [6.07, 6.45) is 6.49. The SMILES string of the molecule is CC[C@@H](C(=O)NCCSC1CCCC1)N(c1ccc(Cl)c(Cl)c1)S(C)(=O)=O. The number of rotatable bonds is 9. The van der Waals surface area contributed by atoms with Gasteiger partial charge in [-0.25, -0.2) is 8.42 Å². The van der Waals surface area contributed by atoms with Gasteiger partial charge in [-0.2, -0.15) is 11.8 Å². The molecule has 27 heavy (non-hydrogen) atoms. The average Bonchev–Trinajstić information content (AvgIpc) is 3.11. The number of thioether (sulfide) groups is 1. The molecule has 1 aliphatic carbocycles. The Labute approximate surface area is 176 Å². The van der Waals surface area contributed by atoms with Gasteiger partial charge in [-0.1, -0.05) is 43.0 Å². The second-order valence-electron chi connectivity index (χ2n) is 6.65. The molecule has 1 N–H and O–H groups in total. The monoisotopic (exact) mass is 452 g/mol. The number of benzene rings is 1. The Hall–Kier alpha value is -0.630. The Balaban J connectivity index is 2.07. The van der Waals surface area contributed by atoms with Crippen molar-refractivity contribution >= 4 is 56.6 Å². The van der Waals surface area contributed by atoms with Gasteiger partial charge in [0.15, 0.2) is 0 Å². The molecule has 0 unspecified atom stereocenters. The first-order valence-electron chi connectivity index (χ1n) is 9.07. The maximum absolute atomic E-state index is 12.7. The van der Waals surface area contributed by atoms with Crippen LogP contribution in [0.1, 0.15) is 39.0 Å². The Bertz CT molecular complexity index is 753. The summed E-state index contributed by atoms with van der Waals surface area (Å²) in [4.78, 5) is 12.7. The minimum absolute atomic E-state index is 0.242. The molecular formula is C18H26Cl2N2O3S2. The molecule has 0 heterocycles. The molecular weight excluding hydrogens is 427 g/mol. The number of carbonyl (C=O) groups excluding carboxylic acids is 1. The van der Waals surface area contributed by atoms with E-state index in [0.717, 1.165) is 16.3 Å². The van der Waals surface area contributed by atoms with Gasteiger partial charge >= 0.3 is 0 Å². The zero-order chi connectivity index (χ0) is 20.0. The third-order valence-corrected chi connectivity index (χ3v) is 7.85. The Morgan fingerprint density at radius 1 is 1.30 bits per heavy atom. The van der Waals surface area contributed by atoms with Gasteiger partial charge in [0.05, 0.1) is 22.0 Å². The number of hydrogen-bond acceptors (Lipinski definition) is 4. The molecule has 0 bridgehead atoms. The van der Waals surface area contributed by atoms with Crippen LogP contribution < -0.4 is 9.62 Å². The molecule has 9 heteroatoms. The molecule has 152 valence electrons. The third-order valence-electron chi connectivity index (χ3n) is 4.54. The summed E-state index contributed by atoms with van der Waals surface area (Å²) in [6.45, 7) is 2.31. The van der Waals surface area contributed by atoms with Crippen LogP contribution in [0, 0.1) is 0 Å². The van der Waals surface area contributed by atoms with Crippen LogP contribution in [0.2, 0.25) is 10.0 Å². The molecule has 2 rings (SSSR count). The zero-order valence-electron chi connectivity index (χ0n) is 15.6. The van der Waals surface area contributed by atoms with E-state index in [1.807, 2.05) is 11.8 Å². The highest BCUT2D eigenvalue weighted by molar-refractivity contribution is 7.99. The minimum atomic E-state index is -3.68. The molecule has 0 aromatic heterocycles. The van der Waals surface area contributed by atoms with Crippen molar-refractivity contribution in [3.8, 4) is 0 Å². The molecule has 0 saturated heterocycles. The molecule has 1 saturated carbocycles. The lowest BCUT2D eigenvalue weighted by atomic mass is 10.2. The fourth-order valence-corrected chi connectivity index (χ4v) is 5.97. The van der Waals surface area contributed by atoms with E-state index in [2.05, 4.69) is 5.32 Å². The fourth-order valence-electron chi connectivity index (χ4n) is 3.26. The highest BCUT2D eigenvalue weighted by Gasteiger charge is 2.31. The molecule has 1 amide bonds. The van der Waals surface area contributed by atoms with Gasteiger partial charge < -0.3 is 5.32 Å². The van der Waals surface area contributed by atoms with Crippen molar-refractivity contribution in [3.63, 3.8) is 0 Å². The number of carbonyl (C=O) groups is 1. The predicted octanol–water partition coefficient (Wildman–Crippen LogP) is 4.33. The van der Waals surface area contributed by atoms with Crippen LogP contribution in [0.3, 0.4) is 0 Å².